The maximum absolute atomic E-state index is 12.1. The Morgan fingerprint density at radius 1 is 1.08 bits per heavy atom. The van der Waals surface area contributed by atoms with Crippen molar-refractivity contribution in [2.24, 2.45) is 0 Å². The van der Waals surface area contributed by atoms with Crippen LogP contribution in [0.3, 0.4) is 0 Å². The summed E-state index contributed by atoms with van der Waals surface area (Å²) < 4.78 is 15.8. The Bertz CT molecular complexity index is 818. The van der Waals surface area contributed by atoms with Crippen molar-refractivity contribution in [1.82, 2.24) is 4.90 Å². The number of nitrogen functional groups attached to an aromatic ring is 1. The molecule has 2 rings (SSSR count). The molecule has 1 amide bonds. The molecule has 2 aromatic rings. The summed E-state index contributed by atoms with van der Waals surface area (Å²) in [5.74, 6) is 0.729. The Hall–Kier alpha value is -3.22. The van der Waals surface area contributed by atoms with Crippen LogP contribution in [0.5, 0.6) is 17.2 Å². The molecule has 0 aliphatic heterocycles. The van der Waals surface area contributed by atoms with E-state index in [1.807, 2.05) is 0 Å². The molecule has 0 aromatic heterocycles. The Labute approximate surface area is 152 Å². The monoisotopic (exact) mass is 358 g/mol. The van der Waals surface area contributed by atoms with E-state index in [0.717, 1.165) is 0 Å². The van der Waals surface area contributed by atoms with Crippen molar-refractivity contribution in [1.29, 1.82) is 0 Å². The van der Waals surface area contributed by atoms with E-state index in [1.54, 1.807) is 50.5 Å². The third-order valence-electron chi connectivity index (χ3n) is 3.80. The van der Waals surface area contributed by atoms with Crippen LogP contribution in [0.25, 0.3) is 0 Å². The number of carbonyl (C=O) groups excluding carboxylic acids is 2. The molecule has 0 aliphatic rings. The van der Waals surface area contributed by atoms with Gasteiger partial charge in [-0.05, 0) is 30.3 Å². The normalized spacial score (nSPS) is 10.2. The van der Waals surface area contributed by atoms with Gasteiger partial charge in [-0.1, -0.05) is 6.07 Å². The number of hydrogen-bond acceptors (Lipinski definition) is 6. The molecule has 0 atom stereocenters. The first-order valence-corrected chi connectivity index (χ1v) is 7.89. The molecular formula is C19H22N2O5. The number of esters is 1. The maximum Gasteiger partial charge on any atom is 0.337 e. The molecule has 0 fully saturated rings. The van der Waals surface area contributed by atoms with E-state index in [1.165, 1.54) is 19.1 Å². The quantitative estimate of drug-likeness (QED) is 0.630. The Morgan fingerprint density at radius 2 is 1.77 bits per heavy atom. The van der Waals surface area contributed by atoms with E-state index >= 15 is 0 Å². The fourth-order valence-electron chi connectivity index (χ4n) is 2.33. The second-order valence-corrected chi connectivity index (χ2v) is 5.74. The van der Waals surface area contributed by atoms with Crippen LogP contribution in [0.1, 0.15) is 15.9 Å². The van der Waals surface area contributed by atoms with Gasteiger partial charge in [0.25, 0.3) is 0 Å². The van der Waals surface area contributed by atoms with Crippen LogP contribution in [-0.4, -0.2) is 45.1 Å². The molecule has 0 spiro atoms. The summed E-state index contributed by atoms with van der Waals surface area (Å²) in [4.78, 5) is 25.2. The molecule has 0 unspecified atom stereocenters. The summed E-state index contributed by atoms with van der Waals surface area (Å²) in [5.41, 5.74) is 7.43. The van der Waals surface area contributed by atoms with Crippen LogP contribution in [0.15, 0.2) is 36.4 Å². The first kappa shape index (κ1) is 19.1. The number of anilines is 1. The minimum absolute atomic E-state index is 0.0847. The molecule has 2 aromatic carbocycles. The number of methoxy groups -OCH3 is 2. The number of carbonyl (C=O) groups is 2. The third kappa shape index (κ3) is 4.24. The van der Waals surface area contributed by atoms with Crippen LogP contribution >= 0.6 is 0 Å². The van der Waals surface area contributed by atoms with Crippen LogP contribution < -0.4 is 15.2 Å². The van der Waals surface area contributed by atoms with E-state index in [9.17, 15) is 9.59 Å². The van der Waals surface area contributed by atoms with E-state index in [0.29, 0.717) is 34.1 Å². The molecule has 2 N–H and O–H groups in total. The fourth-order valence-corrected chi connectivity index (χ4v) is 2.33. The lowest BCUT2D eigenvalue weighted by Gasteiger charge is -2.17. The lowest BCUT2D eigenvalue weighted by Crippen LogP contribution is -2.24. The van der Waals surface area contributed by atoms with Gasteiger partial charge >= 0.3 is 5.97 Å². The Balaban J connectivity index is 2.36. The predicted molar refractivity (Wildman–Crippen MR) is 97.7 cm³/mol. The van der Waals surface area contributed by atoms with Gasteiger partial charge in [0.1, 0.15) is 11.5 Å². The smallest absolute Gasteiger partial charge is 0.337 e. The van der Waals surface area contributed by atoms with Gasteiger partial charge in [-0.25, -0.2) is 4.79 Å². The summed E-state index contributed by atoms with van der Waals surface area (Å²) in [5, 5.41) is 0. The average molecular weight is 358 g/mol. The number of ether oxygens (including phenoxy) is 3. The molecule has 7 heteroatoms. The number of rotatable bonds is 6. The molecule has 0 heterocycles. The highest BCUT2D eigenvalue weighted by Gasteiger charge is 2.18. The molecule has 26 heavy (non-hydrogen) atoms. The van der Waals surface area contributed by atoms with Crippen LogP contribution in [0, 0.1) is 0 Å². The van der Waals surface area contributed by atoms with Crippen molar-refractivity contribution in [3.05, 3.63) is 47.5 Å². The van der Waals surface area contributed by atoms with Crippen molar-refractivity contribution < 1.29 is 23.8 Å². The zero-order valence-electron chi connectivity index (χ0n) is 15.2. The molecule has 7 nitrogen and oxygen atoms in total. The number of nitrogens with two attached hydrogens (primary N) is 1. The van der Waals surface area contributed by atoms with Crippen LogP contribution in [-0.2, 0) is 16.0 Å². The van der Waals surface area contributed by atoms with Crippen LogP contribution in [0.4, 0.5) is 5.69 Å². The van der Waals surface area contributed by atoms with Gasteiger partial charge in [0.15, 0.2) is 5.75 Å². The third-order valence-corrected chi connectivity index (χ3v) is 3.80. The fraction of sp³-hybridized carbons (Fsp3) is 0.263. The minimum atomic E-state index is -0.463. The Kier molecular flexibility index (Phi) is 6.06. The molecule has 0 radical (unpaired) electrons. The van der Waals surface area contributed by atoms with Gasteiger partial charge in [0.2, 0.25) is 5.91 Å². The van der Waals surface area contributed by atoms with Crippen molar-refractivity contribution in [3.8, 4) is 17.2 Å². The van der Waals surface area contributed by atoms with E-state index < -0.39 is 5.97 Å². The lowest BCUT2D eigenvalue weighted by molar-refractivity contribution is -0.127. The number of nitrogens with zero attached hydrogens (tertiary/aromatic N) is 1. The molecule has 0 saturated heterocycles. The SMILES string of the molecule is COC(=O)c1cccc(Oc2ccc(OC)c(CC(=O)N(C)C)c2N)c1. The number of likely N-dealkylation sites (N-methyl/N-ethyl adjacent to an activating group) is 1. The highest BCUT2D eigenvalue weighted by Crippen LogP contribution is 2.36. The highest BCUT2D eigenvalue weighted by atomic mass is 16.5. The van der Waals surface area contributed by atoms with Gasteiger partial charge in [0.05, 0.1) is 31.9 Å². The summed E-state index contributed by atoms with van der Waals surface area (Å²) in [6, 6.07) is 9.90. The van der Waals surface area contributed by atoms with Crippen molar-refractivity contribution in [3.63, 3.8) is 0 Å². The average Bonchev–Trinajstić information content (AvgIpc) is 2.64. The second kappa shape index (κ2) is 8.24. The van der Waals surface area contributed by atoms with Gasteiger partial charge in [-0.3, -0.25) is 4.79 Å². The lowest BCUT2D eigenvalue weighted by atomic mass is 10.1. The first-order chi connectivity index (χ1) is 12.4. The zero-order chi connectivity index (χ0) is 19.3. The highest BCUT2D eigenvalue weighted by molar-refractivity contribution is 5.89. The summed E-state index contributed by atoms with van der Waals surface area (Å²) in [6.07, 6.45) is 0.0847. The molecule has 0 bridgehead atoms. The topological polar surface area (TPSA) is 91.1 Å². The van der Waals surface area contributed by atoms with Crippen molar-refractivity contribution >= 4 is 17.6 Å². The standard InChI is InChI=1S/C19H22N2O5/c1-21(2)17(22)11-14-15(24-3)8-9-16(18(14)20)26-13-7-5-6-12(10-13)19(23)25-4/h5-10H,11,20H2,1-4H3. The molecule has 0 saturated carbocycles. The minimum Gasteiger partial charge on any atom is -0.496 e. The zero-order valence-corrected chi connectivity index (χ0v) is 15.2. The van der Waals surface area contributed by atoms with Gasteiger partial charge < -0.3 is 24.8 Å². The Morgan fingerprint density at radius 3 is 2.38 bits per heavy atom. The first-order valence-electron chi connectivity index (χ1n) is 7.89. The van der Waals surface area contributed by atoms with Gasteiger partial charge in [-0.2, -0.15) is 0 Å². The molecule has 0 aliphatic carbocycles. The van der Waals surface area contributed by atoms with E-state index in [4.69, 9.17) is 19.9 Å². The van der Waals surface area contributed by atoms with Crippen molar-refractivity contribution in [2.45, 2.75) is 6.42 Å². The van der Waals surface area contributed by atoms with E-state index in [2.05, 4.69) is 0 Å². The largest absolute Gasteiger partial charge is 0.496 e. The molecule has 138 valence electrons. The summed E-state index contributed by atoms with van der Waals surface area (Å²) in [7, 11) is 6.16. The number of amides is 1. The van der Waals surface area contributed by atoms with Crippen molar-refractivity contribution in [2.75, 3.05) is 34.0 Å². The number of benzene rings is 2. The summed E-state index contributed by atoms with van der Waals surface area (Å²) >= 11 is 0. The maximum atomic E-state index is 12.1. The van der Waals surface area contributed by atoms with Gasteiger partial charge in [0, 0.05) is 19.7 Å². The summed E-state index contributed by atoms with van der Waals surface area (Å²) in [6.45, 7) is 0. The predicted octanol–water partition coefficient (Wildman–Crippen LogP) is 2.49. The van der Waals surface area contributed by atoms with E-state index in [-0.39, 0.29) is 12.3 Å². The second-order valence-electron chi connectivity index (χ2n) is 5.74. The van der Waals surface area contributed by atoms with Gasteiger partial charge in [-0.15, -0.1) is 0 Å². The number of hydrogen-bond donors (Lipinski definition) is 1. The van der Waals surface area contributed by atoms with Crippen LogP contribution in [0.2, 0.25) is 0 Å². The molecular weight excluding hydrogens is 336 g/mol.